The lowest BCUT2D eigenvalue weighted by atomic mass is 9.99. The van der Waals surface area contributed by atoms with Gasteiger partial charge in [-0.2, -0.15) is 11.8 Å². The first-order valence-corrected chi connectivity index (χ1v) is 8.52. The average molecular weight is 334 g/mol. The monoisotopic (exact) mass is 334 g/mol. The molecular weight excluding hydrogens is 316 g/mol. The van der Waals surface area contributed by atoms with Crippen molar-refractivity contribution in [2.24, 2.45) is 0 Å². The number of amides is 3. The standard InChI is InChI=1S/C16H18N2O4S/c1-10(19)11-3-4-13(22-2)12(7-11)8-18-14(20)16(17-15(18)21)5-6-23-9-16/h3-4,7H,5-6,8-9H2,1-2H3,(H,17,21)/t16-/m0/s1. The molecule has 3 amide bonds. The Balaban J connectivity index is 1.89. The van der Waals surface area contributed by atoms with E-state index in [4.69, 9.17) is 4.74 Å². The van der Waals surface area contributed by atoms with Crippen LogP contribution in [0.4, 0.5) is 4.79 Å². The number of methoxy groups -OCH3 is 1. The molecule has 1 N–H and O–H groups in total. The summed E-state index contributed by atoms with van der Waals surface area (Å²) >= 11 is 1.67. The van der Waals surface area contributed by atoms with Gasteiger partial charge in [0.1, 0.15) is 11.3 Å². The molecule has 3 rings (SSSR count). The van der Waals surface area contributed by atoms with Crippen LogP contribution < -0.4 is 10.1 Å². The number of hydrogen-bond acceptors (Lipinski definition) is 5. The molecular formula is C16H18N2O4S. The second-order valence-electron chi connectivity index (χ2n) is 5.79. The van der Waals surface area contributed by atoms with E-state index in [0.29, 0.717) is 29.1 Å². The third kappa shape index (κ3) is 2.69. The summed E-state index contributed by atoms with van der Waals surface area (Å²) < 4.78 is 5.29. The topological polar surface area (TPSA) is 75.7 Å². The van der Waals surface area contributed by atoms with Gasteiger partial charge in [-0.05, 0) is 37.3 Å². The fourth-order valence-corrected chi connectivity index (χ4v) is 4.27. The number of urea groups is 1. The third-order valence-electron chi connectivity index (χ3n) is 4.28. The normalized spacial score (nSPS) is 23.5. The molecule has 23 heavy (non-hydrogen) atoms. The minimum absolute atomic E-state index is 0.0743. The number of hydrogen-bond donors (Lipinski definition) is 1. The van der Waals surface area contributed by atoms with E-state index in [1.807, 2.05) is 0 Å². The van der Waals surface area contributed by atoms with E-state index in [2.05, 4.69) is 5.32 Å². The van der Waals surface area contributed by atoms with Gasteiger partial charge in [0.05, 0.1) is 13.7 Å². The summed E-state index contributed by atoms with van der Waals surface area (Å²) in [7, 11) is 1.52. The predicted octanol–water partition coefficient (Wildman–Crippen LogP) is 1.83. The smallest absolute Gasteiger partial charge is 0.325 e. The van der Waals surface area contributed by atoms with Crippen molar-refractivity contribution in [3.63, 3.8) is 0 Å². The molecule has 122 valence electrons. The van der Waals surface area contributed by atoms with E-state index >= 15 is 0 Å². The quantitative estimate of drug-likeness (QED) is 0.671. The van der Waals surface area contributed by atoms with Gasteiger partial charge in [0.25, 0.3) is 5.91 Å². The second-order valence-corrected chi connectivity index (χ2v) is 6.89. The van der Waals surface area contributed by atoms with Gasteiger partial charge < -0.3 is 10.1 Å². The van der Waals surface area contributed by atoms with Gasteiger partial charge in [0, 0.05) is 16.9 Å². The Morgan fingerprint density at radius 1 is 1.43 bits per heavy atom. The second kappa shape index (κ2) is 5.88. The fourth-order valence-electron chi connectivity index (χ4n) is 2.94. The van der Waals surface area contributed by atoms with Crippen molar-refractivity contribution in [3.05, 3.63) is 29.3 Å². The van der Waals surface area contributed by atoms with Crippen LogP contribution in [0.2, 0.25) is 0 Å². The summed E-state index contributed by atoms with van der Waals surface area (Å²) in [4.78, 5) is 37.7. The van der Waals surface area contributed by atoms with E-state index in [9.17, 15) is 14.4 Å². The lowest BCUT2D eigenvalue weighted by molar-refractivity contribution is -0.130. The molecule has 2 aliphatic heterocycles. The fraction of sp³-hybridized carbons (Fsp3) is 0.438. The van der Waals surface area contributed by atoms with Gasteiger partial charge in [-0.25, -0.2) is 4.79 Å². The van der Waals surface area contributed by atoms with E-state index in [0.717, 1.165) is 5.75 Å². The highest BCUT2D eigenvalue weighted by Crippen LogP contribution is 2.34. The maximum absolute atomic E-state index is 12.7. The van der Waals surface area contributed by atoms with E-state index in [-0.39, 0.29) is 24.3 Å². The van der Waals surface area contributed by atoms with Crippen molar-refractivity contribution in [2.45, 2.75) is 25.4 Å². The maximum Gasteiger partial charge on any atom is 0.325 e. The Morgan fingerprint density at radius 3 is 2.83 bits per heavy atom. The molecule has 2 fully saturated rings. The largest absolute Gasteiger partial charge is 0.496 e. The van der Waals surface area contributed by atoms with Crippen LogP contribution >= 0.6 is 11.8 Å². The van der Waals surface area contributed by atoms with Gasteiger partial charge >= 0.3 is 6.03 Å². The van der Waals surface area contributed by atoms with Crippen molar-refractivity contribution >= 4 is 29.5 Å². The molecule has 0 saturated carbocycles. The van der Waals surface area contributed by atoms with Crippen LogP contribution in [0.15, 0.2) is 18.2 Å². The first-order valence-electron chi connectivity index (χ1n) is 7.36. The van der Waals surface area contributed by atoms with Crippen LogP contribution in [0, 0.1) is 0 Å². The molecule has 0 bridgehead atoms. The molecule has 6 nitrogen and oxygen atoms in total. The molecule has 0 aromatic heterocycles. The molecule has 1 aromatic carbocycles. The Hall–Kier alpha value is -2.02. The number of imide groups is 1. The molecule has 2 aliphatic rings. The summed E-state index contributed by atoms with van der Waals surface area (Å²) in [6.45, 7) is 1.57. The van der Waals surface area contributed by atoms with Crippen molar-refractivity contribution in [1.29, 1.82) is 0 Å². The zero-order valence-electron chi connectivity index (χ0n) is 13.0. The number of nitrogens with one attached hydrogen (secondary N) is 1. The molecule has 7 heteroatoms. The number of carbonyl (C=O) groups is 3. The van der Waals surface area contributed by atoms with Crippen molar-refractivity contribution in [1.82, 2.24) is 10.2 Å². The Morgan fingerprint density at radius 2 is 2.22 bits per heavy atom. The summed E-state index contributed by atoms with van der Waals surface area (Å²) in [5, 5.41) is 2.83. The van der Waals surface area contributed by atoms with Crippen LogP contribution in [-0.4, -0.2) is 46.8 Å². The Kier molecular flexibility index (Phi) is 4.06. The molecule has 0 aliphatic carbocycles. The highest BCUT2D eigenvalue weighted by molar-refractivity contribution is 7.99. The van der Waals surface area contributed by atoms with E-state index in [1.54, 1.807) is 30.0 Å². The van der Waals surface area contributed by atoms with Crippen molar-refractivity contribution in [3.8, 4) is 5.75 Å². The number of rotatable bonds is 4. The molecule has 2 heterocycles. The minimum atomic E-state index is -0.757. The van der Waals surface area contributed by atoms with E-state index < -0.39 is 5.54 Å². The van der Waals surface area contributed by atoms with Crippen molar-refractivity contribution < 1.29 is 19.1 Å². The number of Topliss-reactive ketones (excluding diaryl/α,β-unsaturated/α-hetero) is 1. The number of ketones is 1. The highest BCUT2D eigenvalue weighted by atomic mass is 32.2. The number of carbonyl (C=O) groups excluding carboxylic acids is 3. The van der Waals surface area contributed by atoms with Crippen LogP contribution in [0.5, 0.6) is 5.75 Å². The highest BCUT2D eigenvalue weighted by Gasteiger charge is 2.52. The van der Waals surface area contributed by atoms with Crippen LogP contribution in [0.3, 0.4) is 0 Å². The van der Waals surface area contributed by atoms with Gasteiger partial charge in [-0.3, -0.25) is 14.5 Å². The average Bonchev–Trinajstić information content (AvgIpc) is 3.08. The van der Waals surface area contributed by atoms with Crippen molar-refractivity contribution in [2.75, 3.05) is 18.6 Å². The minimum Gasteiger partial charge on any atom is -0.496 e. The third-order valence-corrected chi connectivity index (χ3v) is 5.47. The van der Waals surface area contributed by atoms with E-state index in [1.165, 1.54) is 18.9 Å². The molecule has 0 radical (unpaired) electrons. The first-order chi connectivity index (χ1) is 11.0. The first kappa shape index (κ1) is 15.9. The lowest BCUT2D eigenvalue weighted by Crippen LogP contribution is -2.46. The SMILES string of the molecule is COc1ccc(C(C)=O)cc1CN1C(=O)N[C@]2(CCSC2)C1=O. The number of benzene rings is 1. The lowest BCUT2D eigenvalue weighted by Gasteiger charge is -2.20. The van der Waals surface area contributed by atoms with Gasteiger partial charge in [-0.1, -0.05) is 0 Å². The summed E-state index contributed by atoms with van der Waals surface area (Å²) in [5.74, 6) is 1.76. The number of ether oxygens (including phenoxy) is 1. The summed E-state index contributed by atoms with van der Waals surface area (Å²) in [6.07, 6.45) is 0.656. The zero-order valence-corrected chi connectivity index (χ0v) is 13.9. The van der Waals surface area contributed by atoms with Crippen LogP contribution in [0.25, 0.3) is 0 Å². The number of nitrogens with zero attached hydrogens (tertiary/aromatic N) is 1. The molecule has 2 saturated heterocycles. The molecule has 1 aromatic rings. The van der Waals surface area contributed by atoms with Gasteiger partial charge in [0.2, 0.25) is 0 Å². The maximum atomic E-state index is 12.7. The Labute approximate surface area is 138 Å². The van der Waals surface area contributed by atoms with Crippen LogP contribution in [0.1, 0.15) is 29.3 Å². The zero-order chi connectivity index (χ0) is 16.6. The van der Waals surface area contributed by atoms with Gasteiger partial charge in [-0.15, -0.1) is 0 Å². The molecule has 1 atom stereocenters. The predicted molar refractivity (Wildman–Crippen MR) is 86.8 cm³/mol. The molecule has 1 spiro atoms. The summed E-state index contributed by atoms with van der Waals surface area (Å²) in [5.41, 5.74) is 0.415. The van der Waals surface area contributed by atoms with Crippen LogP contribution in [-0.2, 0) is 11.3 Å². The molecule has 0 unspecified atom stereocenters. The number of thioether (sulfide) groups is 1. The summed E-state index contributed by atoms with van der Waals surface area (Å²) in [6, 6.07) is 4.65. The van der Waals surface area contributed by atoms with Gasteiger partial charge in [0.15, 0.2) is 5.78 Å². The Bertz CT molecular complexity index is 683.